The standard InChI is InChI=1S/C21H18N4OS/c1-13-9-18-17(19(26)10-13)11-25-20(22-18)23-21(24-25)27-12-15-7-4-6-14-5-2-3-8-16(14)15/h2-8,11,13H,9-10,12H2,1H3. The highest BCUT2D eigenvalue weighted by atomic mass is 32.2. The van der Waals surface area contributed by atoms with Gasteiger partial charge in [0, 0.05) is 18.4 Å². The molecule has 6 heteroatoms. The Labute approximate surface area is 160 Å². The van der Waals surface area contributed by atoms with Crippen LogP contribution in [0.1, 0.15) is 35.0 Å². The highest BCUT2D eigenvalue weighted by molar-refractivity contribution is 7.98. The Morgan fingerprint density at radius 1 is 1.11 bits per heavy atom. The van der Waals surface area contributed by atoms with Crippen molar-refractivity contribution in [3.05, 3.63) is 65.5 Å². The van der Waals surface area contributed by atoms with Gasteiger partial charge in [0.05, 0.1) is 11.3 Å². The molecule has 5 nitrogen and oxygen atoms in total. The number of thioether (sulfide) groups is 1. The van der Waals surface area contributed by atoms with Crippen molar-refractivity contribution < 1.29 is 4.79 Å². The van der Waals surface area contributed by atoms with Crippen LogP contribution in [0.25, 0.3) is 16.6 Å². The minimum Gasteiger partial charge on any atom is -0.294 e. The Hall–Kier alpha value is -2.73. The normalized spacial score (nSPS) is 16.8. The molecule has 1 aliphatic rings. The van der Waals surface area contributed by atoms with Crippen LogP contribution < -0.4 is 0 Å². The largest absolute Gasteiger partial charge is 0.294 e. The van der Waals surface area contributed by atoms with E-state index < -0.39 is 0 Å². The van der Waals surface area contributed by atoms with Crippen molar-refractivity contribution in [2.24, 2.45) is 5.92 Å². The van der Waals surface area contributed by atoms with Crippen LogP contribution in [-0.2, 0) is 12.2 Å². The third-order valence-electron chi connectivity index (χ3n) is 5.00. The molecule has 0 bridgehead atoms. The lowest BCUT2D eigenvalue weighted by molar-refractivity contribution is 0.0951. The molecule has 2 heterocycles. The number of hydrogen-bond acceptors (Lipinski definition) is 5. The molecule has 27 heavy (non-hydrogen) atoms. The third-order valence-corrected chi connectivity index (χ3v) is 5.89. The Morgan fingerprint density at radius 3 is 2.89 bits per heavy atom. The number of rotatable bonds is 3. The SMILES string of the molecule is CC1CC(=O)c2cn3nc(SCc4cccc5ccccc45)nc3nc2C1. The van der Waals surface area contributed by atoms with Gasteiger partial charge >= 0.3 is 0 Å². The van der Waals surface area contributed by atoms with Gasteiger partial charge in [0.15, 0.2) is 5.78 Å². The van der Waals surface area contributed by atoms with Crippen LogP contribution >= 0.6 is 11.8 Å². The summed E-state index contributed by atoms with van der Waals surface area (Å²) in [5, 5.41) is 7.69. The topological polar surface area (TPSA) is 60.2 Å². The first-order valence-corrected chi connectivity index (χ1v) is 10.0. The summed E-state index contributed by atoms with van der Waals surface area (Å²) in [6.45, 7) is 2.09. The Balaban J connectivity index is 1.45. The molecular formula is C21H18N4OS. The second kappa shape index (κ2) is 6.46. The second-order valence-corrected chi connectivity index (χ2v) is 8.05. The number of nitrogens with zero attached hydrogens (tertiary/aromatic N) is 4. The zero-order valence-electron chi connectivity index (χ0n) is 14.9. The Kier molecular flexibility index (Phi) is 3.93. The van der Waals surface area contributed by atoms with Gasteiger partial charge in [-0.15, -0.1) is 5.10 Å². The predicted octanol–water partition coefficient (Wildman–Crippen LogP) is 4.33. The lowest BCUT2D eigenvalue weighted by Gasteiger charge is -2.18. The minimum atomic E-state index is 0.151. The summed E-state index contributed by atoms with van der Waals surface area (Å²) in [6, 6.07) is 14.7. The van der Waals surface area contributed by atoms with Crippen molar-refractivity contribution in [2.75, 3.05) is 0 Å². The van der Waals surface area contributed by atoms with E-state index in [1.54, 1.807) is 22.5 Å². The molecule has 2 aromatic carbocycles. The Morgan fingerprint density at radius 2 is 1.96 bits per heavy atom. The predicted molar refractivity (Wildman–Crippen MR) is 106 cm³/mol. The first kappa shape index (κ1) is 16.4. The zero-order valence-corrected chi connectivity index (χ0v) is 15.7. The van der Waals surface area contributed by atoms with Crippen LogP contribution in [0.4, 0.5) is 0 Å². The van der Waals surface area contributed by atoms with Crippen molar-refractivity contribution in [1.82, 2.24) is 19.6 Å². The highest BCUT2D eigenvalue weighted by Gasteiger charge is 2.25. The molecular weight excluding hydrogens is 356 g/mol. The van der Waals surface area contributed by atoms with Crippen LogP contribution in [0.3, 0.4) is 0 Å². The maximum atomic E-state index is 12.3. The van der Waals surface area contributed by atoms with Crippen LogP contribution in [-0.4, -0.2) is 25.4 Å². The number of Topliss-reactive ketones (excluding diaryl/α,β-unsaturated/α-hetero) is 1. The van der Waals surface area contributed by atoms with E-state index in [1.807, 2.05) is 0 Å². The van der Waals surface area contributed by atoms with Gasteiger partial charge in [-0.3, -0.25) is 4.79 Å². The monoisotopic (exact) mass is 374 g/mol. The molecule has 1 atom stereocenters. The van der Waals surface area contributed by atoms with E-state index in [0.29, 0.717) is 28.8 Å². The molecule has 1 unspecified atom stereocenters. The molecule has 4 aromatic rings. The molecule has 0 amide bonds. The van der Waals surface area contributed by atoms with E-state index in [1.165, 1.54) is 16.3 Å². The average molecular weight is 374 g/mol. The molecule has 0 spiro atoms. The van der Waals surface area contributed by atoms with Crippen molar-refractivity contribution in [3.8, 4) is 0 Å². The number of carbonyl (C=O) groups is 1. The number of benzene rings is 2. The van der Waals surface area contributed by atoms with Gasteiger partial charge in [-0.25, -0.2) is 9.50 Å². The van der Waals surface area contributed by atoms with Gasteiger partial charge in [-0.05, 0) is 28.7 Å². The van der Waals surface area contributed by atoms with E-state index >= 15 is 0 Å². The molecule has 0 radical (unpaired) electrons. The maximum absolute atomic E-state index is 12.3. The van der Waals surface area contributed by atoms with Gasteiger partial charge in [-0.1, -0.05) is 61.2 Å². The minimum absolute atomic E-state index is 0.151. The summed E-state index contributed by atoms with van der Waals surface area (Å²) in [5.74, 6) is 1.84. The molecule has 0 saturated heterocycles. The van der Waals surface area contributed by atoms with E-state index in [2.05, 4.69) is 64.5 Å². The first-order valence-electron chi connectivity index (χ1n) is 9.06. The van der Waals surface area contributed by atoms with Crippen LogP contribution in [0.2, 0.25) is 0 Å². The lowest BCUT2D eigenvalue weighted by atomic mass is 9.88. The van der Waals surface area contributed by atoms with Crippen molar-refractivity contribution in [3.63, 3.8) is 0 Å². The van der Waals surface area contributed by atoms with Gasteiger partial charge in [0.1, 0.15) is 0 Å². The average Bonchev–Trinajstić information content (AvgIpc) is 3.06. The van der Waals surface area contributed by atoms with Crippen molar-refractivity contribution in [1.29, 1.82) is 0 Å². The summed E-state index contributed by atoms with van der Waals surface area (Å²) in [6.07, 6.45) is 3.20. The van der Waals surface area contributed by atoms with Gasteiger partial charge in [0.2, 0.25) is 5.16 Å². The summed E-state index contributed by atoms with van der Waals surface area (Å²) < 4.78 is 1.64. The quantitative estimate of drug-likeness (QED) is 0.499. The fourth-order valence-corrected chi connectivity index (χ4v) is 4.50. The molecule has 0 saturated carbocycles. The van der Waals surface area contributed by atoms with Crippen LogP contribution in [0, 0.1) is 5.92 Å². The third kappa shape index (κ3) is 3.00. The van der Waals surface area contributed by atoms with Crippen molar-refractivity contribution in [2.45, 2.75) is 30.7 Å². The Bertz CT molecular complexity index is 1180. The molecule has 0 aliphatic heterocycles. The number of carbonyl (C=O) groups excluding carboxylic acids is 1. The van der Waals surface area contributed by atoms with Gasteiger partial charge in [0.25, 0.3) is 5.78 Å². The maximum Gasteiger partial charge on any atom is 0.253 e. The second-order valence-electron chi connectivity index (χ2n) is 7.10. The summed E-state index contributed by atoms with van der Waals surface area (Å²) in [5.41, 5.74) is 2.80. The number of aromatic nitrogens is 4. The summed E-state index contributed by atoms with van der Waals surface area (Å²) >= 11 is 1.59. The van der Waals surface area contributed by atoms with Crippen LogP contribution in [0.15, 0.2) is 53.8 Å². The molecule has 0 fully saturated rings. The molecule has 0 N–H and O–H groups in total. The molecule has 134 valence electrons. The lowest BCUT2D eigenvalue weighted by Crippen LogP contribution is -2.20. The van der Waals surface area contributed by atoms with E-state index in [9.17, 15) is 4.79 Å². The van der Waals surface area contributed by atoms with E-state index in [4.69, 9.17) is 0 Å². The van der Waals surface area contributed by atoms with E-state index in [0.717, 1.165) is 17.9 Å². The number of fused-ring (bicyclic) bond motifs is 3. The van der Waals surface area contributed by atoms with Crippen LogP contribution in [0.5, 0.6) is 0 Å². The number of ketones is 1. The van der Waals surface area contributed by atoms with E-state index in [-0.39, 0.29) is 5.78 Å². The zero-order chi connectivity index (χ0) is 18.4. The van der Waals surface area contributed by atoms with Crippen molar-refractivity contribution >= 4 is 34.1 Å². The number of hydrogen-bond donors (Lipinski definition) is 0. The molecule has 5 rings (SSSR count). The smallest absolute Gasteiger partial charge is 0.253 e. The fourth-order valence-electron chi connectivity index (χ4n) is 3.68. The molecule has 1 aliphatic carbocycles. The summed E-state index contributed by atoms with van der Waals surface area (Å²) in [4.78, 5) is 21.4. The fraction of sp³-hybridized carbons (Fsp3) is 0.238. The van der Waals surface area contributed by atoms with Gasteiger partial charge < -0.3 is 0 Å². The summed E-state index contributed by atoms with van der Waals surface area (Å²) in [7, 11) is 0. The molecule has 2 aromatic heterocycles. The first-order chi connectivity index (χ1) is 13.2. The highest BCUT2D eigenvalue weighted by Crippen LogP contribution is 2.27. The van der Waals surface area contributed by atoms with Gasteiger partial charge in [-0.2, -0.15) is 4.98 Å².